The van der Waals surface area contributed by atoms with Gasteiger partial charge in [-0.25, -0.2) is 13.8 Å². The Morgan fingerprint density at radius 3 is 2.58 bits per heavy atom. The number of anilines is 1. The number of rotatable bonds is 4. The molecule has 0 unspecified atom stereocenters. The SMILES string of the molecule is CN(Cc1ccccc1F)c1nccc(CN)c1F. The summed E-state index contributed by atoms with van der Waals surface area (Å²) in [7, 11) is 1.66. The van der Waals surface area contributed by atoms with Crippen LogP contribution in [0.25, 0.3) is 0 Å². The molecule has 5 heteroatoms. The molecule has 0 radical (unpaired) electrons. The van der Waals surface area contributed by atoms with Crippen molar-refractivity contribution in [2.45, 2.75) is 13.1 Å². The van der Waals surface area contributed by atoms with E-state index in [0.717, 1.165) is 0 Å². The molecule has 0 saturated heterocycles. The number of hydrogen-bond acceptors (Lipinski definition) is 3. The van der Waals surface area contributed by atoms with Gasteiger partial charge in [0.05, 0.1) is 0 Å². The van der Waals surface area contributed by atoms with Gasteiger partial charge in [-0.15, -0.1) is 0 Å². The minimum absolute atomic E-state index is 0.106. The lowest BCUT2D eigenvalue weighted by Crippen LogP contribution is -2.20. The predicted octanol–water partition coefficient (Wildman–Crippen LogP) is 2.45. The predicted molar refractivity (Wildman–Crippen MR) is 70.6 cm³/mol. The van der Waals surface area contributed by atoms with E-state index >= 15 is 0 Å². The number of nitrogens with zero attached hydrogens (tertiary/aromatic N) is 2. The lowest BCUT2D eigenvalue weighted by molar-refractivity contribution is 0.589. The highest BCUT2D eigenvalue weighted by Gasteiger charge is 2.14. The van der Waals surface area contributed by atoms with E-state index in [-0.39, 0.29) is 24.7 Å². The van der Waals surface area contributed by atoms with Crippen LogP contribution in [0.3, 0.4) is 0 Å². The van der Waals surface area contributed by atoms with Crippen molar-refractivity contribution in [3.8, 4) is 0 Å². The Hall–Kier alpha value is -2.01. The lowest BCUT2D eigenvalue weighted by atomic mass is 10.2. The lowest BCUT2D eigenvalue weighted by Gasteiger charge is -2.20. The van der Waals surface area contributed by atoms with Gasteiger partial charge in [0.2, 0.25) is 0 Å². The number of nitrogens with two attached hydrogens (primary N) is 1. The molecule has 0 fully saturated rings. The minimum Gasteiger partial charge on any atom is -0.353 e. The first kappa shape index (κ1) is 13.4. The summed E-state index contributed by atoms with van der Waals surface area (Å²) in [5.74, 6) is -0.597. The van der Waals surface area contributed by atoms with E-state index in [4.69, 9.17) is 5.73 Å². The first-order valence-corrected chi connectivity index (χ1v) is 5.91. The normalized spacial score (nSPS) is 10.5. The number of aromatic nitrogens is 1. The zero-order valence-corrected chi connectivity index (χ0v) is 10.6. The molecule has 0 saturated carbocycles. The van der Waals surface area contributed by atoms with Gasteiger partial charge in [-0.2, -0.15) is 0 Å². The molecule has 0 spiro atoms. The van der Waals surface area contributed by atoms with Gasteiger partial charge in [-0.05, 0) is 12.1 Å². The Bertz CT molecular complexity index is 572. The summed E-state index contributed by atoms with van der Waals surface area (Å²) in [6.45, 7) is 0.347. The summed E-state index contributed by atoms with van der Waals surface area (Å²) >= 11 is 0. The van der Waals surface area contributed by atoms with Gasteiger partial charge in [-0.1, -0.05) is 18.2 Å². The molecule has 1 aromatic heterocycles. The molecule has 2 rings (SSSR count). The van der Waals surface area contributed by atoms with Crippen LogP contribution in [0.1, 0.15) is 11.1 Å². The van der Waals surface area contributed by atoms with Crippen molar-refractivity contribution in [3.05, 3.63) is 59.3 Å². The monoisotopic (exact) mass is 263 g/mol. The van der Waals surface area contributed by atoms with Crippen molar-refractivity contribution in [1.82, 2.24) is 4.98 Å². The minimum atomic E-state index is -0.455. The van der Waals surface area contributed by atoms with Crippen LogP contribution in [0, 0.1) is 11.6 Å². The quantitative estimate of drug-likeness (QED) is 0.921. The van der Waals surface area contributed by atoms with Crippen LogP contribution < -0.4 is 10.6 Å². The topological polar surface area (TPSA) is 42.2 Å². The molecule has 19 heavy (non-hydrogen) atoms. The molecule has 3 nitrogen and oxygen atoms in total. The largest absolute Gasteiger partial charge is 0.353 e. The molecule has 2 N–H and O–H groups in total. The van der Waals surface area contributed by atoms with Gasteiger partial charge < -0.3 is 10.6 Å². The molecule has 0 atom stereocenters. The standard InChI is InChI=1S/C14H15F2N3/c1-19(9-11-4-2-3-5-12(11)15)14-13(16)10(8-17)6-7-18-14/h2-7H,8-9,17H2,1H3. The highest BCUT2D eigenvalue weighted by atomic mass is 19.1. The first-order valence-electron chi connectivity index (χ1n) is 5.91. The summed E-state index contributed by atoms with van der Waals surface area (Å²) in [5, 5.41) is 0. The molecule has 0 aliphatic heterocycles. The summed E-state index contributed by atoms with van der Waals surface area (Å²) in [6, 6.07) is 7.94. The van der Waals surface area contributed by atoms with Gasteiger partial charge in [-0.3, -0.25) is 0 Å². The van der Waals surface area contributed by atoms with Gasteiger partial charge in [0, 0.05) is 37.5 Å². The zero-order chi connectivity index (χ0) is 13.8. The van der Waals surface area contributed by atoms with Crippen molar-refractivity contribution in [2.75, 3.05) is 11.9 Å². The Kier molecular flexibility index (Phi) is 4.06. The van der Waals surface area contributed by atoms with Crippen molar-refractivity contribution >= 4 is 5.82 Å². The second-order valence-electron chi connectivity index (χ2n) is 4.26. The average molecular weight is 263 g/mol. The highest BCUT2D eigenvalue weighted by molar-refractivity contribution is 5.43. The molecule has 0 bridgehead atoms. The fourth-order valence-corrected chi connectivity index (χ4v) is 1.85. The Morgan fingerprint density at radius 1 is 1.16 bits per heavy atom. The van der Waals surface area contributed by atoms with E-state index in [2.05, 4.69) is 4.98 Å². The van der Waals surface area contributed by atoms with Crippen LogP contribution in [-0.4, -0.2) is 12.0 Å². The first-order chi connectivity index (χ1) is 9.13. The van der Waals surface area contributed by atoms with Crippen LogP contribution in [0.5, 0.6) is 0 Å². The van der Waals surface area contributed by atoms with E-state index in [1.54, 1.807) is 30.1 Å². The van der Waals surface area contributed by atoms with Crippen molar-refractivity contribution < 1.29 is 8.78 Å². The molecule has 0 aliphatic carbocycles. The molecule has 2 aromatic rings. The number of halogens is 2. The number of pyridine rings is 1. The van der Waals surface area contributed by atoms with Crippen molar-refractivity contribution in [2.24, 2.45) is 5.73 Å². The number of benzene rings is 1. The van der Waals surface area contributed by atoms with Gasteiger partial charge in [0.1, 0.15) is 5.82 Å². The highest BCUT2D eigenvalue weighted by Crippen LogP contribution is 2.20. The average Bonchev–Trinajstić information content (AvgIpc) is 2.41. The molecular weight excluding hydrogens is 248 g/mol. The smallest absolute Gasteiger partial charge is 0.170 e. The Morgan fingerprint density at radius 2 is 1.89 bits per heavy atom. The summed E-state index contributed by atoms with van der Waals surface area (Å²) in [5.41, 5.74) is 6.33. The maximum absolute atomic E-state index is 14.0. The summed E-state index contributed by atoms with van der Waals surface area (Å²) < 4.78 is 27.6. The third-order valence-electron chi connectivity index (χ3n) is 2.90. The van der Waals surface area contributed by atoms with Crippen LogP contribution in [0.2, 0.25) is 0 Å². The van der Waals surface area contributed by atoms with Gasteiger partial charge in [0.25, 0.3) is 0 Å². The molecule has 100 valence electrons. The summed E-state index contributed by atoms with van der Waals surface area (Å²) in [6.07, 6.45) is 1.50. The zero-order valence-electron chi connectivity index (χ0n) is 10.6. The second-order valence-corrected chi connectivity index (χ2v) is 4.26. The third kappa shape index (κ3) is 2.88. The fraction of sp³-hybridized carbons (Fsp3) is 0.214. The van der Waals surface area contributed by atoms with E-state index in [9.17, 15) is 8.78 Å². The van der Waals surface area contributed by atoms with Crippen LogP contribution >= 0.6 is 0 Å². The van der Waals surface area contributed by atoms with E-state index in [1.807, 2.05) is 0 Å². The third-order valence-corrected chi connectivity index (χ3v) is 2.90. The molecule has 0 aliphatic rings. The molecule has 1 aromatic carbocycles. The van der Waals surface area contributed by atoms with Crippen LogP contribution in [0.15, 0.2) is 36.5 Å². The molecule has 1 heterocycles. The van der Waals surface area contributed by atoms with E-state index < -0.39 is 5.82 Å². The summed E-state index contributed by atoms with van der Waals surface area (Å²) in [4.78, 5) is 5.55. The van der Waals surface area contributed by atoms with Gasteiger partial charge in [0.15, 0.2) is 11.6 Å². The molecule has 0 amide bonds. The van der Waals surface area contributed by atoms with E-state index in [1.165, 1.54) is 18.3 Å². The number of hydrogen-bond donors (Lipinski definition) is 1. The Labute approximate surface area is 110 Å². The molecular formula is C14H15F2N3. The van der Waals surface area contributed by atoms with Crippen molar-refractivity contribution in [1.29, 1.82) is 0 Å². The van der Waals surface area contributed by atoms with Crippen LogP contribution in [0.4, 0.5) is 14.6 Å². The van der Waals surface area contributed by atoms with Gasteiger partial charge >= 0.3 is 0 Å². The van der Waals surface area contributed by atoms with Crippen LogP contribution in [-0.2, 0) is 13.1 Å². The fourth-order valence-electron chi connectivity index (χ4n) is 1.85. The second kappa shape index (κ2) is 5.75. The maximum Gasteiger partial charge on any atom is 0.170 e. The Balaban J connectivity index is 2.26. The van der Waals surface area contributed by atoms with Crippen molar-refractivity contribution in [3.63, 3.8) is 0 Å². The maximum atomic E-state index is 14.0. The van der Waals surface area contributed by atoms with E-state index in [0.29, 0.717) is 11.1 Å².